The standard InChI is InChI=1S/C15H22O5/c16-6-3-4-10-11-8-14(17)19-13(11)9-12(10)20-15-5-1-2-7-18-15/h6,10-13,15H,1-5,7-9H2/t10-,11?,12-,13+,15?/m1/s1. The lowest BCUT2D eigenvalue weighted by atomic mass is 9.88. The second kappa shape index (κ2) is 6.22. The third-order valence-electron chi connectivity index (χ3n) is 4.74. The lowest BCUT2D eigenvalue weighted by molar-refractivity contribution is -0.197. The van der Waals surface area contributed by atoms with Crippen molar-refractivity contribution >= 4 is 12.3 Å². The molecule has 0 spiro atoms. The summed E-state index contributed by atoms with van der Waals surface area (Å²) >= 11 is 0. The van der Waals surface area contributed by atoms with Crippen LogP contribution in [-0.4, -0.2) is 37.4 Å². The molecule has 2 unspecified atom stereocenters. The van der Waals surface area contributed by atoms with E-state index in [-0.39, 0.29) is 36.3 Å². The van der Waals surface area contributed by atoms with Crippen LogP contribution in [0.15, 0.2) is 0 Å². The fraction of sp³-hybridized carbons (Fsp3) is 0.867. The molecule has 5 atom stereocenters. The summed E-state index contributed by atoms with van der Waals surface area (Å²) in [5.74, 6) is 0.349. The third kappa shape index (κ3) is 2.88. The summed E-state index contributed by atoms with van der Waals surface area (Å²) in [6.07, 6.45) is 6.55. The molecule has 0 aromatic carbocycles. The van der Waals surface area contributed by atoms with Gasteiger partial charge in [0.1, 0.15) is 12.4 Å². The van der Waals surface area contributed by atoms with E-state index in [1.165, 1.54) is 0 Å². The number of carbonyl (C=O) groups is 2. The van der Waals surface area contributed by atoms with Crippen molar-refractivity contribution in [2.24, 2.45) is 11.8 Å². The number of ether oxygens (including phenoxy) is 3. The maximum Gasteiger partial charge on any atom is 0.306 e. The molecule has 0 aromatic rings. The average molecular weight is 282 g/mol. The molecule has 3 aliphatic rings. The Morgan fingerprint density at radius 3 is 3.00 bits per heavy atom. The molecule has 0 radical (unpaired) electrons. The molecule has 1 saturated carbocycles. The number of esters is 1. The minimum Gasteiger partial charge on any atom is -0.462 e. The van der Waals surface area contributed by atoms with Crippen LogP contribution in [0.25, 0.3) is 0 Å². The van der Waals surface area contributed by atoms with Gasteiger partial charge in [0, 0.05) is 25.4 Å². The monoisotopic (exact) mass is 282 g/mol. The molecule has 5 heteroatoms. The summed E-state index contributed by atoms with van der Waals surface area (Å²) in [6, 6.07) is 0. The second-order valence-corrected chi connectivity index (χ2v) is 6.01. The maximum absolute atomic E-state index is 11.4. The van der Waals surface area contributed by atoms with E-state index in [0.717, 1.165) is 45.0 Å². The van der Waals surface area contributed by atoms with E-state index >= 15 is 0 Å². The highest BCUT2D eigenvalue weighted by atomic mass is 16.7. The lowest BCUT2D eigenvalue weighted by Gasteiger charge is -2.29. The van der Waals surface area contributed by atoms with Crippen LogP contribution < -0.4 is 0 Å². The molecule has 0 bridgehead atoms. The molecule has 0 aromatic heterocycles. The van der Waals surface area contributed by atoms with Gasteiger partial charge in [0.2, 0.25) is 0 Å². The van der Waals surface area contributed by atoms with Gasteiger partial charge in [-0.2, -0.15) is 0 Å². The SMILES string of the molecule is O=CCC[C@@H]1C2CC(=O)O[C@H]2C[C@H]1OC1CCCCO1. The van der Waals surface area contributed by atoms with E-state index in [1.807, 2.05) is 0 Å². The maximum atomic E-state index is 11.4. The van der Waals surface area contributed by atoms with Crippen molar-refractivity contribution in [1.82, 2.24) is 0 Å². The summed E-state index contributed by atoms with van der Waals surface area (Å²) in [4.78, 5) is 22.1. The Morgan fingerprint density at radius 1 is 1.35 bits per heavy atom. The van der Waals surface area contributed by atoms with Gasteiger partial charge in [-0.05, 0) is 31.6 Å². The molecule has 1 aliphatic carbocycles. The summed E-state index contributed by atoms with van der Waals surface area (Å²) in [6.45, 7) is 0.762. The van der Waals surface area contributed by atoms with Crippen LogP contribution in [0.4, 0.5) is 0 Å². The van der Waals surface area contributed by atoms with Crippen LogP contribution in [0, 0.1) is 11.8 Å². The summed E-state index contributed by atoms with van der Waals surface area (Å²) in [5, 5.41) is 0. The second-order valence-electron chi connectivity index (χ2n) is 6.01. The number of fused-ring (bicyclic) bond motifs is 1. The molecular formula is C15H22O5. The smallest absolute Gasteiger partial charge is 0.306 e. The van der Waals surface area contributed by atoms with Gasteiger partial charge in [-0.25, -0.2) is 0 Å². The first-order valence-electron chi connectivity index (χ1n) is 7.68. The van der Waals surface area contributed by atoms with Gasteiger partial charge in [0.25, 0.3) is 0 Å². The van der Waals surface area contributed by atoms with Crippen LogP contribution in [-0.2, 0) is 23.8 Å². The molecule has 20 heavy (non-hydrogen) atoms. The Balaban J connectivity index is 1.62. The Kier molecular flexibility index (Phi) is 4.36. The summed E-state index contributed by atoms with van der Waals surface area (Å²) in [5.41, 5.74) is 0. The van der Waals surface area contributed by atoms with Crippen LogP contribution >= 0.6 is 0 Å². The van der Waals surface area contributed by atoms with E-state index in [0.29, 0.717) is 12.8 Å². The van der Waals surface area contributed by atoms with Gasteiger partial charge in [0.15, 0.2) is 6.29 Å². The first-order valence-corrected chi connectivity index (χ1v) is 7.68. The fourth-order valence-electron chi connectivity index (χ4n) is 3.79. The van der Waals surface area contributed by atoms with E-state index in [9.17, 15) is 9.59 Å². The molecule has 3 fully saturated rings. The highest BCUT2D eigenvalue weighted by Gasteiger charge is 2.50. The Labute approximate surface area is 118 Å². The predicted molar refractivity (Wildman–Crippen MR) is 69.9 cm³/mol. The van der Waals surface area contributed by atoms with Crippen molar-refractivity contribution in [3.05, 3.63) is 0 Å². The van der Waals surface area contributed by atoms with Crippen molar-refractivity contribution in [1.29, 1.82) is 0 Å². The van der Waals surface area contributed by atoms with Crippen molar-refractivity contribution in [3.8, 4) is 0 Å². The number of hydrogen-bond donors (Lipinski definition) is 0. The predicted octanol–water partition coefficient (Wildman–Crippen LogP) is 1.83. The van der Waals surface area contributed by atoms with E-state index < -0.39 is 0 Å². The van der Waals surface area contributed by atoms with E-state index in [2.05, 4.69) is 0 Å². The van der Waals surface area contributed by atoms with Crippen molar-refractivity contribution in [2.75, 3.05) is 6.61 Å². The Hall–Kier alpha value is -0.940. The highest BCUT2D eigenvalue weighted by Crippen LogP contribution is 2.45. The Bertz CT molecular complexity index is 363. The zero-order chi connectivity index (χ0) is 13.9. The normalized spacial score (nSPS) is 40.4. The van der Waals surface area contributed by atoms with Gasteiger partial charge < -0.3 is 19.0 Å². The number of carbonyl (C=O) groups excluding carboxylic acids is 2. The van der Waals surface area contributed by atoms with Crippen LogP contribution in [0.2, 0.25) is 0 Å². The molecule has 2 saturated heterocycles. The minimum atomic E-state index is -0.123. The van der Waals surface area contributed by atoms with Gasteiger partial charge in [-0.1, -0.05) is 0 Å². The zero-order valence-electron chi connectivity index (χ0n) is 11.7. The largest absolute Gasteiger partial charge is 0.462 e. The molecule has 2 aliphatic heterocycles. The van der Waals surface area contributed by atoms with Crippen LogP contribution in [0.5, 0.6) is 0 Å². The first kappa shape index (κ1) is 14.0. The zero-order valence-corrected chi connectivity index (χ0v) is 11.7. The molecule has 0 N–H and O–H groups in total. The lowest BCUT2D eigenvalue weighted by Crippen LogP contribution is -2.31. The Morgan fingerprint density at radius 2 is 2.25 bits per heavy atom. The number of aldehydes is 1. The van der Waals surface area contributed by atoms with E-state index in [1.54, 1.807) is 0 Å². The molecule has 3 rings (SSSR count). The summed E-state index contributed by atoms with van der Waals surface area (Å²) in [7, 11) is 0. The number of hydrogen-bond acceptors (Lipinski definition) is 5. The van der Waals surface area contributed by atoms with E-state index in [4.69, 9.17) is 14.2 Å². The van der Waals surface area contributed by atoms with Gasteiger partial charge in [-0.15, -0.1) is 0 Å². The average Bonchev–Trinajstić information content (AvgIpc) is 2.94. The van der Waals surface area contributed by atoms with Crippen molar-refractivity contribution in [3.63, 3.8) is 0 Å². The van der Waals surface area contributed by atoms with Crippen LogP contribution in [0.1, 0.15) is 44.9 Å². The fourth-order valence-corrected chi connectivity index (χ4v) is 3.79. The van der Waals surface area contributed by atoms with Gasteiger partial charge >= 0.3 is 5.97 Å². The van der Waals surface area contributed by atoms with Gasteiger partial charge in [-0.3, -0.25) is 4.79 Å². The number of rotatable bonds is 5. The molecule has 5 nitrogen and oxygen atoms in total. The summed E-state index contributed by atoms with van der Waals surface area (Å²) < 4.78 is 17.1. The van der Waals surface area contributed by atoms with Gasteiger partial charge in [0.05, 0.1) is 12.5 Å². The first-order chi connectivity index (χ1) is 9.78. The molecular weight excluding hydrogens is 260 g/mol. The third-order valence-corrected chi connectivity index (χ3v) is 4.74. The minimum absolute atomic E-state index is 0.0206. The molecule has 0 amide bonds. The van der Waals surface area contributed by atoms with Crippen LogP contribution in [0.3, 0.4) is 0 Å². The van der Waals surface area contributed by atoms with Crippen molar-refractivity contribution in [2.45, 2.75) is 63.4 Å². The molecule has 112 valence electrons. The quantitative estimate of drug-likeness (QED) is 0.568. The topological polar surface area (TPSA) is 61.8 Å². The molecule has 2 heterocycles. The highest BCUT2D eigenvalue weighted by molar-refractivity contribution is 5.72. The van der Waals surface area contributed by atoms with Crippen molar-refractivity contribution < 1.29 is 23.8 Å².